The summed E-state index contributed by atoms with van der Waals surface area (Å²) in [6, 6.07) is 10.5. The molecule has 0 bridgehead atoms. The second kappa shape index (κ2) is 9.92. The van der Waals surface area contributed by atoms with Gasteiger partial charge in [0.2, 0.25) is 5.88 Å². The fourth-order valence-electron chi connectivity index (χ4n) is 3.59. The standard InChI is InChI=1S/C26H23ClF2N4O2/c1-14(2)24-30-12-15(3)23(32-24)17-6-5-7-20(10-17)33-16(4)31-25(22(27)26(33)34)35-13-18-8-9-19(28)11-21(18)29/h5-12,14H,13H2,1-4H3. The lowest BCUT2D eigenvalue weighted by Gasteiger charge is -2.15. The van der Waals surface area contributed by atoms with Crippen LogP contribution in [0.3, 0.4) is 0 Å². The van der Waals surface area contributed by atoms with Crippen LogP contribution in [0.15, 0.2) is 53.5 Å². The van der Waals surface area contributed by atoms with E-state index in [1.165, 1.54) is 10.6 Å². The first-order chi connectivity index (χ1) is 16.7. The van der Waals surface area contributed by atoms with E-state index in [9.17, 15) is 13.6 Å². The Bertz CT molecular complexity index is 1470. The van der Waals surface area contributed by atoms with Crippen LogP contribution in [-0.4, -0.2) is 19.5 Å². The van der Waals surface area contributed by atoms with Gasteiger partial charge in [0.25, 0.3) is 5.56 Å². The van der Waals surface area contributed by atoms with E-state index in [0.29, 0.717) is 11.5 Å². The third-order valence-corrected chi connectivity index (χ3v) is 5.75. The van der Waals surface area contributed by atoms with Gasteiger partial charge in [0.15, 0.2) is 5.02 Å². The molecule has 0 saturated heterocycles. The zero-order valence-electron chi connectivity index (χ0n) is 19.6. The molecule has 0 aliphatic carbocycles. The van der Waals surface area contributed by atoms with Crippen LogP contribution in [0.5, 0.6) is 5.88 Å². The van der Waals surface area contributed by atoms with Crippen molar-refractivity contribution in [1.82, 2.24) is 19.5 Å². The highest BCUT2D eigenvalue weighted by Crippen LogP contribution is 2.26. The van der Waals surface area contributed by atoms with Crippen LogP contribution >= 0.6 is 11.6 Å². The summed E-state index contributed by atoms with van der Waals surface area (Å²) in [4.78, 5) is 26.6. The first kappa shape index (κ1) is 24.5. The molecule has 0 fully saturated rings. The predicted molar refractivity (Wildman–Crippen MR) is 130 cm³/mol. The number of halogens is 3. The summed E-state index contributed by atoms with van der Waals surface area (Å²) >= 11 is 6.29. The number of hydrogen-bond acceptors (Lipinski definition) is 5. The molecule has 2 aromatic heterocycles. The number of aryl methyl sites for hydroxylation is 2. The van der Waals surface area contributed by atoms with Gasteiger partial charge in [0, 0.05) is 29.3 Å². The molecule has 2 heterocycles. The first-order valence-corrected chi connectivity index (χ1v) is 11.3. The van der Waals surface area contributed by atoms with Crippen molar-refractivity contribution < 1.29 is 13.5 Å². The normalized spacial score (nSPS) is 11.2. The van der Waals surface area contributed by atoms with Gasteiger partial charge in [-0.25, -0.2) is 18.7 Å². The van der Waals surface area contributed by atoms with E-state index in [4.69, 9.17) is 21.3 Å². The molecule has 0 aliphatic rings. The van der Waals surface area contributed by atoms with E-state index in [0.717, 1.165) is 34.8 Å². The van der Waals surface area contributed by atoms with Crippen molar-refractivity contribution in [2.75, 3.05) is 0 Å². The van der Waals surface area contributed by atoms with E-state index in [1.54, 1.807) is 19.2 Å². The van der Waals surface area contributed by atoms with Crippen molar-refractivity contribution in [2.24, 2.45) is 0 Å². The molecule has 0 spiro atoms. The van der Waals surface area contributed by atoms with Crippen molar-refractivity contribution >= 4 is 11.6 Å². The SMILES string of the molecule is Cc1cnc(C(C)C)nc1-c1cccc(-n2c(C)nc(OCc3ccc(F)cc3F)c(Cl)c2=O)c1. The maximum Gasteiger partial charge on any atom is 0.280 e. The van der Waals surface area contributed by atoms with Crippen LogP contribution in [0.4, 0.5) is 8.78 Å². The third kappa shape index (κ3) is 5.07. The summed E-state index contributed by atoms with van der Waals surface area (Å²) in [7, 11) is 0. The Kier molecular flexibility index (Phi) is 6.93. The van der Waals surface area contributed by atoms with Gasteiger partial charge in [-0.1, -0.05) is 37.6 Å². The quantitative estimate of drug-likeness (QED) is 0.330. The van der Waals surface area contributed by atoms with Gasteiger partial charge in [-0.3, -0.25) is 9.36 Å². The molecule has 6 nitrogen and oxygen atoms in total. The van der Waals surface area contributed by atoms with E-state index in [1.807, 2.05) is 39.0 Å². The second-order valence-corrected chi connectivity index (χ2v) is 8.79. The van der Waals surface area contributed by atoms with Crippen molar-refractivity contribution in [3.05, 3.63) is 98.4 Å². The smallest absolute Gasteiger partial charge is 0.280 e. The summed E-state index contributed by atoms with van der Waals surface area (Å²) in [5, 5.41) is -0.246. The van der Waals surface area contributed by atoms with Crippen molar-refractivity contribution in [3.63, 3.8) is 0 Å². The topological polar surface area (TPSA) is 69.9 Å². The minimum absolute atomic E-state index is 0.111. The fraction of sp³-hybridized carbons (Fsp3) is 0.231. The maximum atomic E-state index is 13.9. The van der Waals surface area contributed by atoms with Crippen LogP contribution in [0, 0.1) is 25.5 Å². The maximum absolute atomic E-state index is 13.9. The molecule has 4 aromatic rings. The number of hydrogen-bond donors (Lipinski definition) is 0. The first-order valence-electron chi connectivity index (χ1n) is 11.0. The van der Waals surface area contributed by atoms with E-state index < -0.39 is 17.2 Å². The van der Waals surface area contributed by atoms with E-state index in [2.05, 4.69) is 9.97 Å². The molecule has 0 amide bonds. The van der Waals surface area contributed by atoms with Gasteiger partial charge in [0.05, 0.1) is 11.4 Å². The summed E-state index contributed by atoms with van der Waals surface area (Å²) in [6.45, 7) is 7.36. The Morgan fingerprint density at radius 1 is 1.09 bits per heavy atom. The van der Waals surface area contributed by atoms with Crippen molar-refractivity contribution in [1.29, 1.82) is 0 Å². The van der Waals surface area contributed by atoms with Crippen molar-refractivity contribution in [2.45, 2.75) is 40.2 Å². The molecule has 0 N–H and O–H groups in total. The number of ether oxygens (including phenoxy) is 1. The highest BCUT2D eigenvalue weighted by molar-refractivity contribution is 6.31. The highest BCUT2D eigenvalue weighted by Gasteiger charge is 2.17. The Hall–Kier alpha value is -3.65. The van der Waals surface area contributed by atoms with Crippen LogP contribution in [0.2, 0.25) is 5.02 Å². The number of benzene rings is 2. The van der Waals surface area contributed by atoms with Gasteiger partial charge in [-0.05, 0) is 43.7 Å². The molecule has 0 saturated carbocycles. The second-order valence-electron chi connectivity index (χ2n) is 8.41. The molecular weight excluding hydrogens is 474 g/mol. The Morgan fingerprint density at radius 3 is 2.57 bits per heavy atom. The molecular formula is C26H23ClF2N4O2. The lowest BCUT2D eigenvalue weighted by Crippen LogP contribution is -2.23. The minimum atomic E-state index is -0.761. The monoisotopic (exact) mass is 496 g/mol. The lowest BCUT2D eigenvalue weighted by atomic mass is 10.1. The van der Waals surface area contributed by atoms with Crippen LogP contribution in [0.25, 0.3) is 16.9 Å². The lowest BCUT2D eigenvalue weighted by molar-refractivity contribution is 0.285. The van der Waals surface area contributed by atoms with Crippen LogP contribution in [0.1, 0.15) is 42.5 Å². The van der Waals surface area contributed by atoms with Gasteiger partial charge >= 0.3 is 0 Å². The van der Waals surface area contributed by atoms with E-state index in [-0.39, 0.29) is 29.0 Å². The fourth-order valence-corrected chi connectivity index (χ4v) is 3.77. The molecule has 35 heavy (non-hydrogen) atoms. The Morgan fingerprint density at radius 2 is 1.86 bits per heavy atom. The largest absolute Gasteiger partial charge is 0.471 e. The minimum Gasteiger partial charge on any atom is -0.471 e. The summed E-state index contributed by atoms with van der Waals surface area (Å²) in [5.41, 5.74) is 2.63. The van der Waals surface area contributed by atoms with Gasteiger partial charge < -0.3 is 4.74 Å². The summed E-state index contributed by atoms with van der Waals surface area (Å²) < 4.78 is 33.9. The number of nitrogens with zero attached hydrogens (tertiary/aromatic N) is 4. The third-order valence-electron chi connectivity index (χ3n) is 5.43. The molecule has 2 aromatic carbocycles. The molecule has 0 aliphatic heterocycles. The average molecular weight is 497 g/mol. The van der Waals surface area contributed by atoms with E-state index >= 15 is 0 Å². The van der Waals surface area contributed by atoms with Gasteiger partial charge in [-0.2, -0.15) is 4.98 Å². The molecule has 180 valence electrons. The van der Waals surface area contributed by atoms with Gasteiger partial charge in [0.1, 0.15) is 29.9 Å². The van der Waals surface area contributed by atoms with Crippen LogP contribution < -0.4 is 10.3 Å². The highest BCUT2D eigenvalue weighted by atomic mass is 35.5. The number of rotatable bonds is 6. The number of aromatic nitrogens is 4. The molecule has 0 unspecified atom stereocenters. The molecule has 4 rings (SSSR count). The zero-order chi connectivity index (χ0) is 25.3. The summed E-state index contributed by atoms with van der Waals surface area (Å²) in [6.07, 6.45) is 1.79. The van der Waals surface area contributed by atoms with Gasteiger partial charge in [-0.15, -0.1) is 0 Å². The Balaban J connectivity index is 1.69. The molecule has 0 radical (unpaired) electrons. The molecule has 9 heteroatoms. The summed E-state index contributed by atoms with van der Waals surface area (Å²) in [5.74, 6) is -0.356. The molecule has 0 atom stereocenters. The van der Waals surface area contributed by atoms with Crippen LogP contribution in [-0.2, 0) is 6.61 Å². The zero-order valence-corrected chi connectivity index (χ0v) is 20.4. The predicted octanol–water partition coefficient (Wildman–Crippen LogP) is 5.94. The Labute approximate surface area is 206 Å². The van der Waals surface area contributed by atoms with Crippen molar-refractivity contribution in [3.8, 4) is 22.8 Å². The average Bonchev–Trinajstić information content (AvgIpc) is 2.82.